The number of phenolic OH excluding ortho intramolecular Hbond substituents is 1. The number of piperazine rings is 1. The van der Waals surface area contributed by atoms with Crippen molar-refractivity contribution in [2.45, 2.75) is 33.7 Å². The van der Waals surface area contributed by atoms with Crippen molar-refractivity contribution in [3.8, 4) is 5.75 Å². The molecule has 0 radical (unpaired) electrons. The average Bonchev–Trinajstić information content (AvgIpc) is 2.43. The Kier molecular flexibility index (Phi) is 8.45. The number of nitro groups is 1. The highest BCUT2D eigenvalue weighted by Gasteiger charge is 2.39. The summed E-state index contributed by atoms with van der Waals surface area (Å²) in [5.74, 6) is 0.0488. The van der Waals surface area contributed by atoms with E-state index >= 15 is 0 Å². The maximum Gasteiger partial charge on any atom is 0.277 e. The Labute approximate surface area is 155 Å². The molecule has 0 aromatic heterocycles. The number of aryl methyl sites for hydroxylation is 1. The first-order valence-electron chi connectivity index (χ1n) is 7.65. The van der Waals surface area contributed by atoms with E-state index in [1.807, 2.05) is 0 Å². The second-order valence-corrected chi connectivity index (χ2v) is 6.98. The molecule has 0 amide bonds. The highest BCUT2D eigenvalue weighted by molar-refractivity contribution is 5.85. The van der Waals surface area contributed by atoms with Crippen molar-refractivity contribution in [1.82, 2.24) is 10.2 Å². The van der Waals surface area contributed by atoms with E-state index in [2.05, 4.69) is 31.0 Å². The van der Waals surface area contributed by atoms with Gasteiger partial charge in [-0.3, -0.25) is 15.0 Å². The molecule has 1 aromatic rings. The van der Waals surface area contributed by atoms with Gasteiger partial charge >= 0.3 is 0 Å². The predicted octanol–water partition coefficient (Wildman–Crippen LogP) is 3.44. The first-order valence-corrected chi connectivity index (χ1v) is 7.65. The fourth-order valence-corrected chi connectivity index (χ4v) is 3.24. The molecule has 2 rings (SSSR count). The summed E-state index contributed by atoms with van der Waals surface area (Å²) in [5.41, 5.74) is 0.888. The number of hydrogen-bond acceptors (Lipinski definition) is 5. The monoisotopic (exact) mass is 379 g/mol. The van der Waals surface area contributed by atoms with Crippen molar-refractivity contribution in [3.05, 3.63) is 33.4 Å². The molecule has 8 heteroatoms. The van der Waals surface area contributed by atoms with E-state index in [1.54, 1.807) is 13.0 Å². The number of benzene rings is 1. The molecule has 138 valence electrons. The third-order valence-corrected chi connectivity index (χ3v) is 4.20. The van der Waals surface area contributed by atoms with Crippen LogP contribution in [0, 0.1) is 22.5 Å². The molecular weight excluding hydrogens is 353 g/mol. The predicted molar refractivity (Wildman–Crippen MR) is 101 cm³/mol. The lowest BCUT2D eigenvalue weighted by Crippen LogP contribution is -2.48. The van der Waals surface area contributed by atoms with Crippen molar-refractivity contribution in [2.75, 3.05) is 26.2 Å². The number of halogens is 2. The molecule has 1 saturated heterocycles. The molecule has 1 aliphatic heterocycles. The largest absolute Gasteiger partial charge is 0.507 e. The lowest BCUT2D eigenvalue weighted by Gasteiger charge is -2.42. The van der Waals surface area contributed by atoms with Gasteiger partial charge < -0.3 is 10.4 Å². The molecule has 24 heavy (non-hydrogen) atoms. The molecule has 1 atom stereocenters. The second-order valence-electron chi connectivity index (χ2n) is 6.98. The molecule has 0 unspecified atom stereocenters. The lowest BCUT2D eigenvalue weighted by atomic mass is 9.79. The molecule has 1 heterocycles. The van der Waals surface area contributed by atoms with Gasteiger partial charge in [0.15, 0.2) is 0 Å². The number of hydrogen-bond donors (Lipinski definition) is 2. The summed E-state index contributed by atoms with van der Waals surface area (Å²) >= 11 is 0. The van der Waals surface area contributed by atoms with E-state index in [9.17, 15) is 15.2 Å². The molecule has 1 fully saturated rings. The Hall–Kier alpha value is -1.08. The number of nitro benzene ring substituents is 1. The standard InChI is InChI=1S/C16H25N3O3.2ClH/c1-11-5-6-12(19(21)22)13(14(11)20)15(16(2,3)4)18-9-7-17-8-10-18;;/h5-6,15,17,20H,7-10H2,1-4H3;2*1H/t15-;;/m1../s1. The van der Waals surface area contributed by atoms with Gasteiger partial charge in [0.2, 0.25) is 0 Å². The van der Waals surface area contributed by atoms with E-state index in [0.29, 0.717) is 11.1 Å². The first kappa shape index (κ1) is 22.9. The summed E-state index contributed by atoms with van der Waals surface area (Å²) in [7, 11) is 0. The van der Waals surface area contributed by atoms with Crippen LogP contribution in [-0.2, 0) is 0 Å². The summed E-state index contributed by atoms with van der Waals surface area (Å²) in [6.07, 6.45) is 0. The molecule has 6 nitrogen and oxygen atoms in total. The second kappa shape index (κ2) is 8.85. The quantitative estimate of drug-likeness (QED) is 0.620. The van der Waals surface area contributed by atoms with Crippen LogP contribution in [0.5, 0.6) is 5.75 Å². The Bertz CT molecular complexity index is 570. The van der Waals surface area contributed by atoms with Crippen LogP contribution in [0.3, 0.4) is 0 Å². The fourth-order valence-electron chi connectivity index (χ4n) is 3.24. The SMILES string of the molecule is Cc1ccc([N+](=O)[O-])c([C@@H](N2CCNCC2)C(C)(C)C)c1O.Cl.Cl. The summed E-state index contributed by atoms with van der Waals surface area (Å²) < 4.78 is 0. The van der Waals surface area contributed by atoms with Crippen LogP contribution in [0.4, 0.5) is 5.69 Å². The van der Waals surface area contributed by atoms with Gasteiger partial charge in [0.25, 0.3) is 5.69 Å². The average molecular weight is 380 g/mol. The van der Waals surface area contributed by atoms with Crippen molar-refractivity contribution < 1.29 is 10.0 Å². The number of nitrogens with one attached hydrogen (secondary N) is 1. The molecule has 1 aliphatic rings. The van der Waals surface area contributed by atoms with Crippen molar-refractivity contribution in [1.29, 1.82) is 0 Å². The van der Waals surface area contributed by atoms with Gasteiger partial charge in [0.1, 0.15) is 5.75 Å². The maximum atomic E-state index is 11.5. The van der Waals surface area contributed by atoms with Crippen LogP contribution in [0.25, 0.3) is 0 Å². The van der Waals surface area contributed by atoms with Gasteiger partial charge in [-0.05, 0) is 24.0 Å². The van der Waals surface area contributed by atoms with Crippen LogP contribution >= 0.6 is 24.8 Å². The molecule has 0 saturated carbocycles. The zero-order valence-corrected chi connectivity index (χ0v) is 16.2. The van der Waals surface area contributed by atoms with Crippen molar-refractivity contribution in [2.24, 2.45) is 5.41 Å². The Morgan fingerprint density at radius 1 is 1.25 bits per heavy atom. The third-order valence-electron chi connectivity index (χ3n) is 4.20. The summed E-state index contributed by atoms with van der Waals surface area (Å²) in [5, 5.41) is 25.3. The molecule has 2 N–H and O–H groups in total. The van der Waals surface area contributed by atoms with E-state index in [0.717, 1.165) is 26.2 Å². The summed E-state index contributed by atoms with van der Waals surface area (Å²) in [6, 6.07) is 2.91. The van der Waals surface area contributed by atoms with Crippen LogP contribution in [-0.4, -0.2) is 41.1 Å². The fraction of sp³-hybridized carbons (Fsp3) is 0.625. The first-order chi connectivity index (χ1) is 10.2. The van der Waals surface area contributed by atoms with Crippen molar-refractivity contribution in [3.63, 3.8) is 0 Å². The van der Waals surface area contributed by atoms with Crippen LogP contribution in [0.1, 0.15) is 37.9 Å². The summed E-state index contributed by atoms with van der Waals surface area (Å²) in [4.78, 5) is 13.3. The molecule has 1 aromatic carbocycles. The number of phenols is 1. The minimum absolute atomic E-state index is 0. The molecule has 0 spiro atoms. The molecule has 0 aliphatic carbocycles. The van der Waals surface area contributed by atoms with Gasteiger partial charge in [-0.25, -0.2) is 0 Å². The highest BCUT2D eigenvalue weighted by Crippen LogP contribution is 2.46. The minimum Gasteiger partial charge on any atom is -0.507 e. The Morgan fingerprint density at radius 3 is 2.25 bits per heavy atom. The molecular formula is C16H27Cl2N3O3. The smallest absolute Gasteiger partial charge is 0.277 e. The maximum absolute atomic E-state index is 11.5. The number of nitrogens with zero attached hydrogens (tertiary/aromatic N) is 2. The van der Waals surface area contributed by atoms with Gasteiger partial charge in [-0.2, -0.15) is 0 Å². The van der Waals surface area contributed by atoms with E-state index in [1.165, 1.54) is 6.07 Å². The zero-order chi connectivity index (χ0) is 16.5. The Morgan fingerprint density at radius 2 is 1.79 bits per heavy atom. The van der Waals surface area contributed by atoms with E-state index in [4.69, 9.17) is 0 Å². The molecule has 0 bridgehead atoms. The van der Waals surface area contributed by atoms with Gasteiger partial charge in [0.05, 0.1) is 16.5 Å². The van der Waals surface area contributed by atoms with E-state index < -0.39 is 4.92 Å². The van der Waals surface area contributed by atoms with Crippen LogP contribution in [0.15, 0.2) is 12.1 Å². The lowest BCUT2D eigenvalue weighted by molar-refractivity contribution is -0.386. The topological polar surface area (TPSA) is 78.6 Å². The number of rotatable bonds is 3. The van der Waals surface area contributed by atoms with Crippen LogP contribution < -0.4 is 5.32 Å². The van der Waals surface area contributed by atoms with Crippen LogP contribution in [0.2, 0.25) is 0 Å². The normalized spacial score (nSPS) is 16.7. The van der Waals surface area contributed by atoms with Crippen molar-refractivity contribution >= 4 is 30.5 Å². The number of aromatic hydroxyl groups is 1. The Balaban J connectivity index is 0.00000264. The zero-order valence-electron chi connectivity index (χ0n) is 14.5. The summed E-state index contributed by atoms with van der Waals surface area (Å²) in [6.45, 7) is 11.3. The van der Waals surface area contributed by atoms with Gasteiger partial charge in [0, 0.05) is 32.2 Å². The van der Waals surface area contributed by atoms with Gasteiger partial charge in [-0.1, -0.05) is 20.8 Å². The highest BCUT2D eigenvalue weighted by atomic mass is 35.5. The third kappa shape index (κ3) is 4.72. The van der Waals surface area contributed by atoms with Gasteiger partial charge in [-0.15, -0.1) is 24.8 Å². The minimum atomic E-state index is -0.393. The van der Waals surface area contributed by atoms with E-state index in [-0.39, 0.29) is 47.7 Å².